The average molecular weight is 519 g/mol. The number of esters is 1. The van der Waals surface area contributed by atoms with Crippen LogP contribution in [0.4, 0.5) is 5.13 Å². The molecule has 37 heavy (non-hydrogen) atoms. The molecular formula is C27H22N2O7S. The summed E-state index contributed by atoms with van der Waals surface area (Å²) in [6, 6.07) is 11.0. The first-order valence-corrected chi connectivity index (χ1v) is 12.1. The predicted octanol–water partition coefficient (Wildman–Crippen LogP) is 4.67. The summed E-state index contributed by atoms with van der Waals surface area (Å²) < 4.78 is 22.0. The molecule has 0 fully saturated rings. The Morgan fingerprint density at radius 1 is 1.16 bits per heavy atom. The number of ether oxygens (including phenoxy) is 3. The van der Waals surface area contributed by atoms with Gasteiger partial charge in [-0.15, -0.1) is 0 Å². The second-order valence-corrected chi connectivity index (χ2v) is 9.14. The number of carbonyl (C=O) groups excluding carboxylic acids is 2. The van der Waals surface area contributed by atoms with Gasteiger partial charge in [-0.05, 0) is 36.8 Å². The van der Waals surface area contributed by atoms with Crippen molar-refractivity contribution in [2.24, 2.45) is 0 Å². The van der Waals surface area contributed by atoms with E-state index in [-0.39, 0.29) is 33.4 Å². The molecule has 0 saturated carbocycles. The number of hydrogen-bond acceptors (Lipinski definition) is 9. The van der Waals surface area contributed by atoms with Crippen LogP contribution in [-0.4, -0.2) is 37.7 Å². The van der Waals surface area contributed by atoms with Crippen molar-refractivity contribution in [3.8, 4) is 11.5 Å². The van der Waals surface area contributed by atoms with Gasteiger partial charge in [-0.3, -0.25) is 14.5 Å². The van der Waals surface area contributed by atoms with Crippen LogP contribution in [0, 0.1) is 6.92 Å². The number of aromatic nitrogens is 1. The zero-order valence-electron chi connectivity index (χ0n) is 20.3. The number of thiazole rings is 1. The number of rotatable bonds is 7. The molecule has 10 heteroatoms. The Labute approximate surface area is 215 Å². The summed E-state index contributed by atoms with van der Waals surface area (Å²) in [6.07, 6.45) is 1.46. The molecule has 0 N–H and O–H groups in total. The highest BCUT2D eigenvalue weighted by Crippen LogP contribution is 2.44. The van der Waals surface area contributed by atoms with Crippen molar-refractivity contribution >= 4 is 39.3 Å². The monoisotopic (exact) mass is 518 g/mol. The van der Waals surface area contributed by atoms with Crippen LogP contribution in [-0.2, 0) is 4.74 Å². The Bertz CT molecular complexity index is 1620. The van der Waals surface area contributed by atoms with Gasteiger partial charge in [0.2, 0.25) is 5.76 Å². The number of aryl methyl sites for hydroxylation is 1. The molecule has 1 aliphatic rings. The molecule has 188 valence electrons. The molecule has 3 heterocycles. The second kappa shape index (κ2) is 9.55. The molecule has 2 aromatic heterocycles. The Kier molecular flexibility index (Phi) is 6.26. The number of benzene rings is 2. The van der Waals surface area contributed by atoms with E-state index in [1.54, 1.807) is 49.4 Å². The van der Waals surface area contributed by atoms with Crippen molar-refractivity contribution in [1.82, 2.24) is 4.98 Å². The second-order valence-electron chi connectivity index (χ2n) is 8.16. The summed E-state index contributed by atoms with van der Waals surface area (Å²) in [6.45, 7) is 5.24. The standard InChI is InChI=1S/C27H22N2O7S/c1-5-12-35-26(32)24-14(2)28-27(37-24)29-21(15-10-11-18(33-3)19(13-15)34-4)20-22(30)16-8-6-7-9-17(16)36-23(20)25(29)31/h5-11,13,21H,1,12H2,2-4H3/t21-/m1/s1. The minimum absolute atomic E-state index is 0.0405. The number of para-hydroxylation sites is 1. The van der Waals surface area contributed by atoms with E-state index in [2.05, 4.69) is 11.6 Å². The zero-order chi connectivity index (χ0) is 26.3. The molecule has 5 rings (SSSR count). The molecule has 1 atom stereocenters. The molecule has 0 spiro atoms. The van der Waals surface area contributed by atoms with E-state index >= 15 is 0 Å². The summed E-state index contributed by atoms with van der Waals surface area (Å²) in [5.74, 6) is -0.280. The number of amides is 1. The van der Waals surface area contributed by atoms with Crippen LogP contribution >= 0.6 is 11.3 Å². The van der Waals surface area contributed by atoms with E-state index in [4.69, 9.17) is 18.6 Å². The highest BCUT2D eigenvalue weighted by Gasteiger charge is 2.45. The quantitative estimate of drug-likeness (QED) is 0.257. The summed E-state index contributed by atoms with van der Waals surface area (Å²) in [7, 11) is 3.02. The Balaban J connectivity index is 1.73. The van der Waals surface area contributed by atoms with Gasteiger partial charge in [-0.1, -0.05) is 42.2 Å². The van der Waals surface area contributed by atoms with Gasteiger partial charge >= 0.3 is 5.97 Å². The highest BCUT2D eigenvalue weighted by molar-refractivity contribution is 7.17. The van der Waals surface area contributed by atoms with Gasteiger partial charge in [0.25, 0.3) is 5.91 Å². The van der Waals surface area contributed by atoms with Crippen molar-refractivity contribution in [2.45, 2.75) is 13.0 Å². The van der Waals surface area contributed by atoms with Gasteiger partial charge in [-0.2, -0.15) is 0 Å². The Morgan fingerprint density at radius 2 is 1.92 bits per heavy atom. The van der Waals surface area contributed by atoms with E-state index < -0.39 is 17.9 Å². The van der Waals surface area contributed by atoms with Crippen LogP contribution in [0.15, 0.2) is 64.3 Å². The van der Waals surface area contributed by atoms with Crippen molar-refractivity contribution in [2.75, 3.05) is 25.7 Å². The summed E-state index contributed by atoms with van der Waals surface area (Å²) >= 11 is 1.00. The Morgan fingerprint density at radius 3 is 2.65 bits per heavy atom. The minimum atomic E-state index is -0.884. The number of fused-ring (bicyclic) bond motifs is 2. The first kappa shape index (κ1) is 24.3. The third-order valence-corrected chi connectivity index (χ3v) is 7.15. The van der Waals surface area contributed by atoms with Gasteiger partial charge < -0.3 is 18.6 Å². The minimum Gasteiger partial charge on any atom is -0.493 e. The van der Waals surface area contributed by atoms with Crippen LogP contribution in [0.5, 0.6) is 11.5 Å². The smallest absolute Gasteiger partial charge is 0.350 e. The SMILES string of the molecule is C=CCOC(=O)c1sc(N2C(=O)c3oc4ccccc4c(=O)c3[C@H]2c2ccc(OC)c(OC)c2)nc1C. The van der Waals surface area contributed by atoms with Crippen LogP contribution in [0.2, 0.25) is 0 Å². The first-order chi connectivity index (χ1) is 17.9. The van der Waals surface area contributed by atoms with Crippen LogP contribution < -0.4 is 19.8 Å². The van der Waals surface area contributed by atoms with Crippen LogP contribution in [0.1, 0.15) is 43.1 Å². The lowest BCUT2D eigenvalue weighted by molar-refractivity contribution is 0.0554. The number of hydrogen-bond donors (Lipinski definition) is 0. The lowest BCUT2D eigenvalue weighted by Crippen LogP contribution is -2.29. The van der Waals surface area contributed by atoms with E-state index in [1.165, 1.54) is 25.2 Å². The third kappa shape index (κ3) is 3.95. The number of anilines is 1. The maximum absolute atomic E-state index is 13.8. The van der Waals surface area contributed by atoms with Gasteiger partial charge in [0.15, 0.2) is 22.1 Å². The maximum Gasteiger partial charge on any atom is 0.350 e. The van der Waals surface area contributed by atoms with Crippen molar-refractivity contribution in [1.29, 1.82) is 0 Å². The molecule has 4 aromatic rings. The van der Waals surface area contributed by atoms with E-state index in [1.807, 2.05) is 0 Å². The van der Waals surface area contributed by atoms with E-state index in [9.17, 15) is 14.4 Å². The molecule has 9 nitrogen and oxygen atoms in total. The molecule has 0 aliphatic carbocycles. The summed E-state index contributed by atoms with van der Waals surface area (Å²) in [4.78, 5) is 46.2. The van der Waals surface area contributed by atoms with Gasteiger partial charge in [0.1, 0.15) is 17.1 Å². The highest BCUT2D eigenvalue weighted by atomic mass is 32.1. The molecule has 0 radical (unpaired) electrons. The molecule has 1 amide bonds. The Hall–Kier alpha value is -4.44. The number of methoxy groups -OCH3 is 2. The summed E-state index contributed by atoms with van der Waals surface area (Å²) in [5, 5.41) is 0.577. The number of nitrogens with zero attached hydrogens (tertiary/aromatic N) is 2. The molecule has 2 aromatic carbocycles. The third-order valence-electron chi connectivity index (χ3n) is 6.01. The van der Waals surface area contributed by atoms with Crippen LogP contribution in [0.3, 0.4) is 0 Å². The molecule has 0 saturated heterocycles. The fourth-order valence-corrected chi connectivity index (χ4v) is 5.32. The maximum atomic E-state index is 13.8. The fraction of sp³-hybridized carbons (Fsp3) is 0.185. The molecule has 1 aliphatic heterocycles. The predicted molar refractivity (Wildman–Crippen MR) is 138 cm³/mol. The van der Waals surface area contributed by atoms with Gasteiger partial charge in [-0.25, -0.2) is 9.78 Å². The van der Waals surface area contributed by atoms with Crippen molar-refractivity contribution in [3.63, 3.8) is 0 Å². The van der Waals surface area contributed by atoms with Crippen molar-refractivity contribution in [3.05, 3.63) is 92.8 Å². The van der Waals surface area contributed by atoms with Gasteiger partial charge in [0, 0.05) is 0 Å². The molecule has 0 bridgehead atoms. The van der Waals surface area contributed by atoms with Crippen LogP contribution in [0.25, 0.3) is 11.0 Å². The van der Waals surface area contributed by atoms with Gasteiger partial charge in [0.05, 0.1) is 36.9 Å². The zero-order valence-corrected chi connectivity index (χ0v) is 21.1. The van der Waals surface area contributed by atoms with E-state index in [0.717, 1.165) is 11.3 Å². The fourth-order valence-electron chi connectivity index (χ4n) is 4.33. The van der Waals surface area contributed by atoms with Crippen molar-refractivity contribution < 1.29 is 28.2 Å². The first-order valence-electron chi connectivity index (χ1n) is 11.3. The lowest BCUT2D eigenvalue weighted by atomic mass is 9.98. The van der Waals surface area contributed by atoms with E-state index in [0.29, 0.717) is 33.7 Å². The molecular weight excluding hydrogens is 496 g/mol. The topological polar surface area (TPSA) is 108 Å². The lowest BCUT2D eigenvalue weighted by Gasteiger charge is -2.23. The largest absolute Gasteiger partial charge is 0.493 e. The molecule has 0 unspecified atom stereocenters. The average Bonchev–Trinajstić information content (AvgIpc) is 3.44. The number of carbonyl (C=O) groups is 2. The summed E-state index contributed by atoms with van der Waals surface area (Å²) in [5.41, 5.74) is 1.13. The normalized spacial score (nSPS) is 14.5.